The van der Waals surface area contributed by atoms with E-state index in [0.717, 1.165) is 0 Å². The van der Waals surface area contributed by atoms with Crippen LogP contribution in [0.15, 0.2) is 18.5 Å². The van der Waals surface area contributed by atoms with Crippen LogP contribution in [0.5, 0.6) is 0 Å². The number of rotatable bonds is 1. The number of aliphatic hydroxyl groups is 1. The van der Waals surface area contributed by atoms with Crippen LogP contribution in [0.2, 0.25) is 0 Å². The molecule has 0 spiro atoms. The monoisotopic (exact) mass is 153 g/mol. The van der Waals surface area contributed by atoms with Gasteiger partial charge in [-0.15, -0.1) is 0 Å². The second-order valence-corrected chi connectivity index (χ2v) is 1.19. The maximum Gasteiger partial charge on any atom is 0.136 e. The topological polar surface area (TPSA) is 38.0 Å². The summed E-state index contributed by atoms with van der Waals surface area (Å²) in [7, 11) is 0. The molecule has 0 aliphatic rings. The van der Waals surface area contributed by atoms with Crippen LogP contribution in [0, 0.1) is 0 Å². The number of aromatic nitrogens is 2. The smallest absolute Gasteiger partial charge is 0.136 e. The Bertz CT molecular complexity index is 129. The van der Waals surface area contributed by atoms with Crippen LogP contribution in [-0.4, -0.2) is 14.9 Å². The Hall–Kier alpha value is -0.311. The molecule has 1 radical (unpaired) electrons. The van der Waals surface area contributed by atoms with Gasteiger partial charge in [-0.25, -0.2) is 4.68 Å². The van der Waals surface area contributed by atoms with E-state index in [1.807, 2.05) is 0 Å². The van der Waals surface area contributed by atoms with E-state index in [0.29, 0.717) is 0 Å². The summed E-state index contributed by atoms with van der Waals surface area (Å²) in [4.78, 5) is 0. The fraction of sp³-hybridized carbons (Fsp3) is 0.250. The van der Waals surface area contributed by atoms with Crippen molar-refractivity contribution in [1.29, 1.82) is 0 Å². The van der Waals surface area contributed by atoms with Crippen molar-refractivity contribution in [1.82, 2.24) is 9.78 Å². The van der Waals surface area contributed by atoms with Gasteiger partial charge in [0, 0.05) is 29.5 Å². The molecular formula is C4H6MnN2O. The van der Waals surface area contributed by atoms with Gasteiger partial charge >= 0.3 is 0 Å². The molecule has 0 unspecified atom stereocenters. The molecule has 1 aromatic heterocycles. The quantitative estimate of drug-likeness (QED) is 0.569. The van der Waals surface area contributed by atoms with Gasteiger partial charge in [0.1, 0.15) is 6.73 Å². The molecule has 1 aromatic rings. The first-order valence-corrected chi connectivity index (χ1v) is 2.02. The maximum absolute atomic E-state index is 8.33. The molecule has 0 atom stereocenters. The van der Waals surface area contributed by atoms with E-state index in [9.17, 15) is 0 Å². The van der Waals surface area contributed by atoms with Crippen molar-refractivity contribution in [2.24, 2.45) is 0 Å². The van der Waals surface area contributed by atoms with Crippen LogP contribution < -0.4 is 0 Å². The van der Waals surface area contributed by atoms with Crippen LogP contribution in [0.4, 0.5) is 0 Å². The minimum Gasteiger partial charge on any atom is -0.374 e. The summed E-state index contributed by atoms with van der Waals surface area (Å²) in [6.07, 6.45) is 3.32. The Labute approximate surface area is 57.8 Å². The summed E-state index contributed by atoms with van der Waals surface area (Å²) >= 11 is 0. The van der Waals surface area contributed by atoms with Crippen molar-refractivity contribution in [2.45, 2.75) is 6.73 Å². The van der Waals surface area contributed by atoms with Gasteiger partial charge in [0.15, 0.2) is 0 Å². The predicted molar refractivity (Wildman–Crippen MR) is 24.4 cm³/mol. The fourth-order valence-electron chi connectivity index (χ4n) is 0.384. The van der Waals surface area contributed by atoms with Crippen LogP contribution in [-0.2, 0) is 23.8 Å². The third-order valence-electron chi connectivity index (χ3n) is 0.704. The normalized spacial score (nSPS) is 8.12. The largest absolute Gasteiger partial charge is 0.374 e. The molecule has 0 fully saturated rings. The molecule has 1 heterocycles. The zero-order valence-electron chi connectivity index (χ0n) is 4.16. The molecule has 1 rings (SSSR count). The van der Waals surface area contributed by atoms with Gasteiger partial charge < -0.3 is 5.11 Å². The summed E-state index contributed by atoms with van der Waals surface area (Å²) in [6.45, 7) is -0.0347. The Morgan fingerprint density at radius 3 is 2.62 bits per heavy atom. The number of nitrogens with zero attached hydrogens (tertiary/aromatic N) is 2. The summed E-state index contributed by atoms with van der Waals surface area (Å²) in [5.41, 5.74) is 0. The average Bonchev–Trinajstić information content (AvgIpc) is 2.14. The first-order valence-electron chi connectivity index (χ1n) is 2.02. The van der Waals surface area contributed by atoms with Crippen LogP contribution in [0.3, 0.4) is 0 Å². The Balaban J connectivity index is 0.000000490. The summed E-state index contributed by atoms with van der Waals surface area (Å²) in [5, 5.41) is 12.0. The third kappa shape index (κ3) is 1.66. The molecule has 0 aliphatic carbocycles. The summed E-state index contributed by atoms with van der Waals surface area (Å²) in [5.74, 6) is 0. The van der Waals surface area contributed by atoms with Gasteiger partial charge in [-0.3, -0.25) is 0 Å². The molecule has 4 heteroatoms. The van der Waals surface area contributed by atoms with Crippen LogP contribution in [0.25, 0.3) is 0 Å². The maximum atomic E-state index is 8.33. The number of hydrogen-bond donors (Lipinski definition) is 1. The molecule has 0 saturated carbocycles. The first-order chi connectivity index (χ1) is 3.43. The SMILES string of the molecule is OCn1cccn1.[Mn]. The van der Waals surface area contributed by atoms with Crippen LogP contribution in [0.1, 0.15) is 0 Å². The van der Waals surface area contributed by atoms with E-state index in [4.69, 9.17) is 5.11 Å². The molecule has 0 amide bonds. The second kappa shape index (κ2) is 3.66. The number of aliphatic hydroxyl groups excluding tert-OH is 1. The summed E-state index contributed by atoms with van der Waals surface area (Å²) < 4.78 is 1.43. The van der Waals surface area contributed by atoms with E-state index in [1.165, 1.54) is 4.68 Å². The Morgan fingerprint density at radius 1 is 1.62 bits per heavy atom. The minimum atomic E-state index is -0.0347. The molecular weight excluding hydrogens is 147 g/mol. The van der Waals surface area contributed by atoms with Crippen molar-refractivity contribution in [3.8, 4) is 0 Å². The molecule has 0 aliphatic heterocycles. The predicted octanol–water partition coefficient (Wildman–Crippen LogP) is -0.170. The number of hydrogen-bond acceptors (Lipinski definition) is 2. The van der Waals surface area contributed by atoms with Gasteiger partial charge in [0.2, 0.25) is 0 Å². The van der Waals surface area contributed by atoms with Crippen LogP contribution >= 0.6 is 0 Å². The summed E-state index contributed by atoms with van der Waals surface area (Å²) in [6, 6.07) is 1.76. The van der Waals surface area contributed by atoms with Gasteiger partial charge in [-0.1, -0.05) is 0 Å². The van der Waals surface area contributed by atoms with Crippen molar-refractivity contribution in [2.75, 3.05) is 0 Å². The Kier molecular flexibility index (Phi) is 3.52. The molecule has 0 bridgehead atoms. The van der Waals surface area contributed by atoms with E-state index in [-0.39, 0.29) is 23.8 Å². The van der Waals surface area contributed by atoms with Gasteiger partial charge in [-0.05, 0) is 6.07 Å². The van der Waals surface area contributed by atoms with E-state index in [2.05, 4.69) is 5.10 Å². The van der Waals surface area contributed by atoms with E-state index < -0.39 is 0 Å². The zero-order valence-corrected chi connectivity index (χ0v) is 5.34. The van der Waals surface area contributed by atoms with Crippen molar-refractivity contribution in [3.63, 3.8) is 0 Å². The molecule has 45 valence electrons. The standard InChI is InChI=1S/C4H6N2O.Mn/c7-4-6-3-1-2-5-6;/h1-3,7H,4H2;. The minimum absolute atomic E-state index is 0. The average molecular weight is 153 g/mol. The molecule has 1 N–H and O–H groups in total. The van der Waals surface area contributed by atoms with Crippen molar-refractivity contribution in [3.05, 3.63) is 18.5 Å². The van der Waals surface area contributed by atoms with E-state index >= 15 is 0 Å². The van der Waals surface area contributed by atoms with Gasteiger partial charge in [0.05, 0.1) is 0 Å². The van der Waals surface area contributed by atoms with Crippen molar-refractivity contribution >= 4 is 0 Å². The molecule has 0 saturated heterocycles. The Morgan fingerprint density at radius 2 is 2.38 bits per heavy atom. The van der Waals surface area contributed by atoms with Gasteiger partial charge in [0.25, 0.3) is 0 Å². The first kappa shape index (κ1) is 7.69. The third-order valence-corrected chi connectivity index (χ3v) is 0.704. The molecule has 3 nitrogen and oxygen atoms in total. The molecule has 0 aromatic carbocycles. The fourth-order valence-corrected chi connectivity index (χ4v) is 0.384. The van der Waals surface area contributed by atoms with Crippen molar-refractivity contribution < 1.29 is 22.2 Å². The second-order valence-electron chi connectivity index (χ2n) is 1.19. The molecule has 8 heavy (non-hydrogen) atoms. The van der Waals surface area contributed by atoms with E-state index in [1.54, 1.807) is 18.5 Å². The zero-order chi connectivity index (χ0) is 5.11. The van der Waals surface area contributed by atoms with Gasteiger partial charge in [-0.2, -0.15) is 5.10 Å².